The van der Waals surface area contributed by atoms with Gasteiger partial charge in [0.15, 0.2) is 5.84 Å². The fourth-order valence-electron chi connectivity index (χ4n) is 1.53. The van der Waals surface area contributed by atoms with Crippen LogP contribution in [0.15, 0.2) is 28.7 Å². The van der Waals surface area contributed by atoms with Gasteiger partial charge in [0.2, 0.25) is 0 Å². The summed E-state index contributed by atoms with van der Waals surface area (Å²) in [7, 11) is 0. The Morgan fingerprint density at radius 3 is 3.00 bits per heavy atom. The van der Waals surface area contributed by atoms with E-state index in [-0.39, 0.29) is 5.84 Å². The van der Waals surface area contributed by atoms with Gasteiger partial charge in [0, 0.05) is 11.1 Å². The lowest BCUT2D eigenvalue weighted by atomic mass is 10.2. The maximum Gasteiger partial charge on any atom is 0.175 e. The molecule has 0 aliphatic carbocycles. The number of halogens is 1. The molecule has 0 saturated heterocycles. The summed E-state index contributed by atoms with van der Waals surface area (Å²) in [5.41, 5.74) is 6.92. The number of aryl methyl sites for hydroxylation is 1. The highest BCUT2D eigenvalue weighted by Gasteiger charge is 2.13. The SMILES string of the molecule is Cc1csc(COc2cccc(Cl)c2/C(N)=N/O)n1. The summed E-state index contributed by atoms with van der Waals surface area (Å²) < 4.78 is 5.63. The number of oxime groups is 1. The van der Waals surface area contributed by atoms with Crippen LogP contribution >= 0.6 is 22.9 Å². The van der Waals surface area contributed by atoms with Gasteiger partial charge in [0.1, 0.15) is 17.4 Å². The molecule has 5 nitrogen and oxygen atoms in total. The van der Waals surface area contributed by atoms with Gasteiger partial charge in [-0.1, -0.05) is 22.8 Å². The smallest absolute Gasteiger partial charge is 0.175 e. The van der Waals surface area contributed by atoms with Gasteiger partial charge in [-0.05, 0) is 19.1 Å². The molecule has 0 radical (unpaired) electrons. The van der Waals surface area contributed by atoms with Crippen LogP contribution < -0.4 is 10.5 Å². The van der Waals surface area contributed by atoms with Crippen molar-refractivity contribution in [3.05, 3.63) is 44.9 Å². The van der Waals surface area contributed by atoms with Crippen molar-refractivity contribution in [1.82, 2.24) is 4.98 Å². The number of aromatic nitrogens is 1. The van der Waals surface area contributed by atoms with Crippen molar-refractivity contribution >= 4 is 28.8 Å². The Balaban J connectivity index is 2.23. The van der Waals surface area contributed by atoms with Gasteiger partial charge in [-0.2, -0.15) is 0 Å². The Kier molecular flexibility index (Phi) is 4.24. The van der Waals surface area contributed by atoms with Gasteiger partial charge in [-0.3, -0.25) is 0 Å². The van der Waals surface area contributed by atoms with Gasteiger partial charge in [-0.25, -0.2) is 4.98 Å². The molecular weight excluding hydrogens is 286 g/mol. The van der Waals surface area contributed by atoms with Crippen LogP contribution in [-0.2, 0) is 6.61 Å². The summed E-state index contributed by atoms with van der Waals surface area (Å²) >= 11 is 7.54. The molecule has 0 bridgehead atoms. The summed E-state index contributed by atoms with van der Waals surface area (Å²) in [6.45, 7) is 2.23. The third-order valence-electron chi connectivity index (χ3n) is 2.36. The quantitative estimate of drug-likeness (QED) is 0.393. The average molecular weight is 298 g/mol. The predicted octanol–water partition coefficient (Wildman–Crippen LogP) is 2.78. The maximum atomic E-state index is 8.76. The lowest BCUT2D eigenvalue weighted by Crippen LogP contribution is -2.15. The zero-order chi connectivity index (χ0) is 13.8. The number of benzene rings is 1. The van der Waals surface area contributed by atoms with E-state index in [4.69, 9.17) is 27.3 Å². The highest BCUT2D eigenvalue weighted by Crippen LogP contribution is 2.27. The van der Waals surface area contributed by atoms with Crippen molar-refractivity contribution in [2.24, 2.45) is 10.9 Å². The molecule has 1 aromatic carbocycles. The van der Waals surface area contributed by atoms with Crippen molar-refractivity contribution in [2.45, 2.75) is 13.5 Å². The average Bonchev–Trinajstić information content (AvgIpc) is 2.81. The summed E-state index contributed by atoms with van der Waals surface area (Å²) in [6, 6.07) is 5.09. The number of hydrogen-bond acceptors (Lipinski definition) is 5. The van der Waals surface area contributed by atoms with Crippen molar-refractivity contribution in [1.29, 1.82) is 0 Å². The molecule has 0 aliphatic heterocycles. The highest BCUT2D eigenvalue weighted by molar-refractivity contribution is 7.09. The summed E-state index contributed by atoms with van der Waals surface area (Å²) in [4.78, 5) is 4.29. The van der Waals surface area contributed by atoms with E-state index in [1.54, 1.807) is 18.2 Å². The Labute approximate surface area is 119 Å². The van der Waals surface area contributed by atoms with Gasteiger partial charge in [-0.15, -0.1) is 11.3 Å². The lowest BCUT2D eigenvalue weighted by molar-refractivity contribution is 0.302. The van der Waals surface area contributed by atoms with Crippen LogP contribution in [0, 0.1) is 6.92 Å². The van der Waals surface area contributed by atoms with Gasteiger partial charge >= 0.3 is 0 Å². The number of amidine groups is 1. The van der Waals surface area contributed by atoms with Crippen molar-refractivity contribution in [2.75, 3.05) is 0 Å². The van der Waals surface area contributed by atoms with E-state index in [2.05, 4.69) is 10.1 Å². The number of hydrogen-bond donors (Lipinski definition) is 2. The van der Waals surface area contributed by atoms with Crippen molar-refractivity contribution < 1.29 is 9.94 Å². The highest BCUT2D eigenvalue weighted by atomic mass is 35.5. The normalized spacial score (nSPS) is 11.6. The summed E-state index contributed by atoms with van der Waals surface area (Å²) in [6.07, 6.45) is 0. The van der Waals surface area contributed by atoms with Gasteiger partial charge in [0.25, 0.3) is 0 Å². The first-order valence-electron chi connectivity index (χ1n) is 5.42. The first-order chi connectivity index (χ1) is 9.11. The van der Waals surface area contributed by atoms with Crippen molar-refractivity contribution in [3.8, 4) is 5.75 Å². The predicted molar refractivity (Wildman–Crippen MR) is 75.1 cm³/mol. The largest absolute Gasteiger partial charge is 0.486 e. The second kappa shape index (κ2) is 5.90. The van der Waals surface area contributed by atoms with Crippen LogP contribution in [0.1, 0.15) is 16.3 Å². The lowest BCUT2D eigenvalue weighted by Gasteiger charge is -2.10. The van der Waals surface area contributed by atoms with E-state index in [0.717, 1.165) is 10.7 Å². The Morgan fingerprint density at radius 1 is 1.58 bits per heavy atom. The van der Waals surface area contributed by atoms with E-state index in [1.807, 2.05) is 12.3 Å². The van der Waals surface area contributed by atoms with E-state index in [9.17, 15) is 0 Å². The zero-order valence-electron chi connectivity index (χ0n) is 10.1. The van der Waals surface area contributed by atoms with Crippen LogP contribution in [0.5, 0.6) is 5.75 Å². The maximum absolute atomic E-state index is 8.76. The monoisotopic (exact) mass is 297 g/mol. The molecule has 0 fully saturated rings. The molecule has 3 N–H and O–H groups in total. The second-order valence-corrected chi connectivity index (χ2v) is 5.12. The van der Waals surface area contributed by atoms with E-state index in [0.29, 0.717) is 22.9 Å². The molecule has 100 valence electrons. The van der Waals surface area contributed by atoms with E-state index in [1.165, 1.54) is 11.3 Å². The Bertz CT molecular complexity index is 613. The number of nitrogens with two attached hydrogens (primary N) is 1. The molecule has 1 heterocycles. The van der Waals surface area contributed by atoms with Crippen LogP contribution in [0.3, 0.4) is 0 Å². The first-order valence-corrected chi connectivity index (χ1v) is 6.67. The molecule has 1 aromatic heterocycles. The zero-order valence-corrected chi connectivity index (χ0v) is 11.7. The third-order valence-corrected chi connectivity index (χ3v) is 3.61. The molecule has 2 aromatic rings. The van der Waals surface area contributed by atoms with E-state index >= 15 is 0 Å². The standard InChI is InChI=1S/C12H12ClN3O2S/c1-7-6-19-10(15-7)5-18-9-4-2-3-8(13)11(9)12(14)16-17/h2-4,6,17H,5H2,1H3,(H2,14,16). The van der Waals surface area contributed by atoms with Crippen LogP contribution in [0.25, 0.3) is 0 Å². The van der Waals surface area contributed by atoms with Gasteiger partial charge in [0.05, 0.1) is 10.6 Å². The van der Waals surface area contributed by atoms with Gasteiger partial charge < -0.3 is 15.7 Å². The molecule has 7 heteroatoms. The second-order valence-electron chi connectivity index (χ2n) is 3.77. The molecule has 0 spiro atoms. The Morgan fingerprint density at radius 2 is 2.37 bits per heavy atom. The summed E-state index contributed by atoms with van der Waals surface area (Å²) in [5, 5.41) is 14.9. The minimum Gasteiger partial charge on any atom is -0.486 e. The molecule has 19 heavy (non-hydrogen) atoms. The first kappa shape index (κ1) is 13.6. The molecule has 0 amide bonds. The topological polar surface area (TPSA) is 80.7 Å². The van der Waals surface area contributed by atoms with Crippen molar-refractivity contribution in [3.63, 3.8) is 0 Å². The van der Waals surface area contributed by atoms with Crippen LogP contribution in [-0.4, -0.2) is 16.0 Å². The Hall–Kier alpha value is -1.79. The minimum absolute atomic E-state index is 0.0871. The third kappa shape index (κ3) is 3.15. The molecular formula is C12H12ClN3O2S. The number of rotatable bonds is 4. The molecule has 0 saturated carbocycles. The minimum atomic E-state index is -0.0871. The molecule has 0 aliphatic rings. The van der Waals surface area contributed by atoms with E-state index < -0.39 is 0 Å². The number of ether oxygens (including phenoxy) is 1. The number of nitrogens with zero attached hydrogens (tertiary/aromatic N) is 2. The van der Waals surface area contributed by atoms with Crippen LogP contribution in [0.4, 0.5) is 0 Å². The molecule has 2 rings (SSSR count). The molecule has 0 atom stereocenters. The van der Waals surface area contributed by atoms with Crippen LogP contribution in [0.2, 0.25) is 5.02 Å². The number of thiazole rings is 1. The fourth-order valence-corrected chi connectivity index (χ4v) is 2.48. The molecule has 0 unspecified atom stereocenters. The summed E-state index contributed by atoms with van der Waals surface area (Å²) in [5.74, 6) is 0.367. The fraction of sp³-hybridized carbons (Fsp3) is 0.167.